The van der Waals surface area contributed by atoms with E-state index in [2.05, 4.69) is 15.1 Å². The highest BCUT2D eigenvalue weighted by Gasteiger charge is 2.17. The average molecular weight is 307 g/mol. The van der Waals surface area contributed by atoms with Gasteiger partial charge in [-0.15, -0.1) is 0 Å². The Morgan fingerprint density at radius 2 is 1.85 bits per heavy atom. The summed E-state index contributed by atoms with van der Waals surface area (Å²) in [5.74, 6) is 0.509. The summed E-state index contributed by atoms with van der Waals surface area (Å²) in [5.41, 5.74) is 7.28. The molecule has 100 valence electrons. The van der Waals surface area contributed by atoms with Crippen molar-refractivity contribution in [3.63, 3.8) is 0 Å². The molecule has 0 fully saturated rings. The number of nitrogens with zero attached hydrogens (tertiary/aromatic N) is 3. The van der Waals surface area contributed by atoms with Crippen LogP contribution in [0.15, 0.2) is 41.1 Å². The lowest BCUT2D eigenvalue weighted by Gasteiger charge is -2.01. The van der Waals surface area contributed by atoms with E-state index in [9.17, 15) is 0 Å². The van der Waals surface area contributed by atoms with Crippen molar-refractivity contribution in [2.45, 2.75) is 0 Å². The number of nitrogens with two attached hydrogens (primary N) is 1. The van der Waals surface area contributed by atoms with E-state index in [0.717, 1.165) is 0 Å². The van der Waals surface area contributed by atoms with Gasteiger partial charge in [0.1, 0.15) is 5.69 Å². The second-order valence-electron chi connectivity index (χ2n) is 3.96. The lowest BCUT2D eigenvalue weighted by molar-refractivity contribution is 0.432. The topological polar surface area (TPSA) is 77.8 Å². The van der Waals surface area contributed by atoms with Crippen molar-refractivity contribution in [1.29, 1.82) is 0 Å². The molecule has 7 heteroatoms. The first-order chi connectivity index (χ1) is 9.66. The van der Waals surface area contributed by atoms with Crippen molar-refractivity contribution in [3.8, 4) is 23.0 Å². The third-order valence-electron chi connectivity index (χ3n) is 2.66. The normalized spacial score (nSPS) is 10.7. The molecule has 0 atom stereocenters. The van der Waals surface area contributed by atoms with Gasteiger partial charge in [0.05, 0.1) is 15.6 Å². The summed E-state index contributed by atoms with van der Waals surface area (Å²) < 4.78 is 5.20. The Labute approximate surface area is 124 Å². The van der Waals surface area contributed by atoms with Crippen molar-refractivity contribution < 1.29 is 4.52 Å². The Morgan fingerprint density at radius 1 is 1.05 bits per heavy atom. The molecule has 0 unspecified atom stereocenters. The summed E-state index contributed by atoms with van der Waals surface area (Å²) >= 11 is 12.1. The van der Waals surface area contributed by atoms with Gasteiger partial charge in [0, 0.05) is 11.9 Å². The Bertz CT molecular complexity index is 752. The van der Waals surface area contributed by atoms with E-state index >= 15 is 0 Å². The van der Waals surface area contributed by atoms with Gasteiger partial charge < -0.3 is 10.3 Å². The molecular weight excluding hydrogens is 299 g/mol. The third kappa shape index (κ3) is 2.21. The Balaban J connectivity index is 2.10. The molecule has 0 bridgehead atoms. The van der Waals surface area contributed by atoms with Crippen LogP contribution in [0.4, 0.5) is 5.69 Å². The molecule has 0 aliphatic heterocycles. The van der Waals surface area contributed by atoms with Crippen LogP contribution in [0.3, 0.4) is 0 Å². The number of aromatic nitrogens is 3. The standard InChI is InChI=1S/C13H8Cl2N4O/c14-7-3-1-5-9(16)10(7)13-18-12(19-20-13)11-8(15)4-2-6-17-11/h1-6H,16H2. The van der Waals surface area contributed by atoms with Crippen LogP contribution < -0.4 is 5.73 Å². The molecular formula is C13H8Cl2N4O. The highest BCUT2D eigenvalue weighted by molar-refractivity contribution is 6.34. The van der Waals surface area contributed by atoms with Gasteiger partial charge in [-0.2, -0.15) is 4.98 Å². The maximum atomic E-state index is 6.10. The first-order valence-corrected chi connectivity index (χ1v) is 6.41. The second kappa shape index (κ2) is 5.11. The molecule has 0 aliphatic carbocycles. The van der Waals surface area contributed by atoms with Crippen molar-refractivity contribution in [3.05, 3.63) is 46.6 Å². The molecule has 2 heterocycles. The predicted molar refractivity (Wildman–Crippen MR) is 77.4 cm³/mol. The van der Waals surface area contributed by atoms with Gasteiger partial charge >= 0.3 is 0 Å². The van der Waals surface area contributed by atoms with Crippen LogP contribution in [-0.2, 0) is 0 Å². The number of benzene rings is 1. The van der Waals surface area contributed by atoms with Crippen LogP contribution in [0.2, 0.25) is 10.0 Å². The molecule has 0 aliphatic rings. The Kier molecular flexibility index (Phi) is 3.30. The monoisotopic (exact) mass is 306 g/mol. The minimum absolute atomic E-state index is 0.227. The van der Waals surface area contributed by atoms with E-state index < -0.39 is 0 Å². The van der Waals surface area contributed by atoms with Crippen molar-refractivity contribution in [2.24, 2.45) is 0 Å². The highest BCUT2D eigenvalue weighted by atomic mass is 35.5. The van der Waals surface area contributed by atoms with E-state index in [1.165, 1.54) is 0 Å². The first-order valence-electron chi connectivity index (χ1n) is 5.66. The van der Waals surface area contributed by atoms with E-state index in [1.807, 2.05) is 0 Å². The summed E-state index contributed by atoms with van der Waals surface area (Å²) in [6, 6.07) is 8.57. The number of hydrogen-bond donors (Lipinski definition) is 1. The van der Waals surface area contributed by atoms with Gasteiger partial charge in [0.25, 0.3) is 5.89 Å². The van der Waals surface area contributed by atoms with Crippen LogP contribution in [-0.4, -0.2) is 15.1 Å². The number of pyridine rings is 1. The van der Waals surface area contributed by atoms with Crippen molar-refractivity contribution >= 4 is 28.9 Å². The smallest absolute Gasteiger partial charge is 0.261 e. The van der Waals surface area contributed by atoms with Crippen molar-refractivity contribution in [1.82, 2.24) is 15.1 Å². The summed E-state index contributed by atoms with van der Waals surface area (Å²) in [7, 11) is 0. The van der Waals surface area contributed by atoms with Crippen LogP contribution in [0.5, 0.6) is 0 Å². The summed E-state index contributed by atoms with van der Waals surface area (Å²) in [5, 5.41) is 4.73. The molecule has 5 nitrogen and oxygen atoms in total. The molecule has 0 radical (unpaired) electrons. The molecule has 2 aromatic heterocycles. The summed E-state index contributed by atoms with van der Waals surface area (Å²) in [6.07, 6.45) is 1.60. The molecule has 3 rings (SSSR count). The zero-order valence-electron chi connectivity index (χ0n) is 10.0. The van der Waals surface area contributed by atoms with Gasteiger partial charge in [-0.25, -0.2) is 0 Å². The van der Waals surface area contributed by atoms with Gasteiger partial charge in [-0.1, -0.05) is 34.4 Å². The Hall–Kier alpha value is -2.11. The Morgan fingerprint density at radius 3 is 2.60 bits per heavy atom. The van der Waals surface area contributed by atoms with E-state index in [0.29, 0.717) is 27.0 Å². The van der Waals surface area contributed by atoms with Crippen LogP contribution in [0, 0.1) is 0 Å². The maximum absolute atomic E-state index is 6.10. The summed E-state index contributed by atoms with van der Waals surface area (Å²) in [4.78, 5) is 8.36. The second-order valence-corrected chi connectivity index (χ2v) is 4.78. The maximum Gasteiger partial charge on any atom is 0.261 e. The molecule has 0 amide bonds. The highest BCUT2D eigenvalue weighted by Crippen LogP contribution is 2.33. The fourth-order valence-corrected chi connectivity index (χ4v) is 2.21. The zero-order valence-corrected chi connectivity index (χ0v) is 11.6. The lowest BCUT2D eigenvalue weighted by Crippen LogP contribution is -1.91. The average Bonchev–Trinajstić information content (AvgIpc) is 2.88. The van der Waals surface area contributed by atoms with E-state index in [-0.39, 0.29) is 11.7 Å². The number of halogens is 2. The minimum atomic E-state index is 0.227. The molecule has 2 N–H and O–H groups in total. The largest absolute Gasteiger partial charge is 0.398 e. The van der Waals surface area contributed by atoms with E-state index in [4.69, 9.17) is 33.5 Å². The number of nitrogen functional groups attached to an aromatic ring is 1. The molecule has 0 spiro atoms. The third-order valence-corrected chi connectivity index (χ3v) is 3.28. The van der Waals surface area contributed by atoms with Gasteiger partial charge in [-0.05, 0) is 24.3 Å². The molecule has 0 saturated heterocycles. The fourth-order valence-electron chi connectivity index (χ4n) is 1.74. The zero-order chi connectivity index (χ0) is 14.1. The molecule has 3 aromatic rings. The minimum Gasteiger partial charge on any atom is -0.398 e. The van der Waals surface area contributed by atoms with Crippen LogP contribution in [0.25, 0.3) is 23.0 Å². The van der Waals surface area contributed by atoms with Gasteiger partial charge in [-0.3, -0.25) is 4.98 Å². The van der Waals surface area contributed by atoms with Crippen molar-refractivity contribution in [2.75, 3.05) is 5.73 Å². The number of anilines is 1. The molecule has 1 aromatic carbocycles. The fraction of sp³-hybridized carbons (Fsp3) is 0. The van der Waals surface area contributed by atoms with Crippen LogP contribution >= 0.6 is 23.2 Å². The van der Waals surface area contributed by atoms with Gasteiger partial charge in [0.15, 0.2) is 0 Å². The molecule has 0 saturated carbocycles. The van der Waals surface area contributed by atoms with Crippen LogP contribution in [0.1, 0.15) is 0 Å². The van der Waals surface area contributed by atoms with Gasteiger partial charge in [0.2, 0.25) is 5.82 Å². The predicted octanol–water partition coefficient (Wildman–Crippen LogP) is 3.69. The number of rotatable bonds is 2. The lowest BCUT2D eigenvalue weighted by atomic mass is 10.2. The SMILES string of the molecule is Nc1cccc(Cl)c1-c1nc(-c2ncccc2Cl)no1. The van der Waals surface area contributed by atoms with E-state index in [1.54, 1.807) is 36.5 Å². The summed E-state index contributed by atoms with van der Waals surface area (Å²) in [6.45, 7) is 0. The number of hydrogen-bond acceptors (Lipinski definition) is 5. The first kappa shape index (κ1) is 12.9. The molecule has 20 heavy (non-hydrogen) atoms. The quantitative estimate of drug-likeness (QED) is 0.731.